The van der Waals surface area contributed by atoms with Crippen molar-refractivity contribution in [3.63, 3.8) is 0 Å². The van der Waals surface area contributed by atoms with Crippen molar-refractivity contribution in [1.82, 2.24) is 10.2 Å². The van der Waals surface area contributed by atoms with Gasteiger partial charge in [-0.05, 0) is 82.3 Å². The van der Waals surface area contributed by atoms with Crippen LogP contribution in [0.15, 0.2) is 108 Å². The topological polar surface area (TPSA) is 79.9 Å². The lowest BCUT2D eigenvalue weighted by Crippen LogP contribution is -2.14. The summed E-state index contributed by atoms with van der Waals surface area (Å²) in [5, 5.41) is 8.37. The van der Waals surface area contributed by atoms with Crippen molar-refractivity contribution >= 4 is 55.3 Å². The van der Waals surface area contributed by atoms with Crippen LogP contribution in [-0.4, -0.2) is 30.2 Å². The van der Waals surface area contributed by atoms with Crippen LogP contribution in [0.5, 0.6) is 0 Å². The van der Waals surface area contributed by atoms with Gasteiger partial charge in [-0.3, -0.25) is 9.89 Å². The van der Waals surface area contributed by atoms with Gasteiger partial charge in [-0.15, -0.1) is 0 Å². The van der Waals surface area contributed by atoms with Crippen molar-refractivity contribution in [2.75, 3.05) is 5.75 Å². The van der Waals surface area contributed by atoms with E-state index in [9.17, 15) is 17.6 Å². The second-order valence-electron chi connectivity index (χ2n) is 9.50. The molecule has 206 valence electrons. The number of carbonyl (C=O) groups excluding carboxylic acids is 1. The first-order valence-corrected chi connectivity index (χ1v) is 15.0. The van der Waals surface area contributed by atoms with E-state index in [2.05, 4.69) is 10.2 Å². The minimum absolute atomic E-state index is 0.118. The Balaban J connectivity index is 1.49. The maximum absolute atomic E-state index is 13.9. The molecule has 0 atom stereocenters. The molecule has 0 bridgehead atoms. The Bertz CT molecular complexity index is 1890. The molecular formula is C33H26ClFN2O3S. The fourth-order valence-electron chi connectivity index (χ4n) is 4.75. The zero-order valence-electron chi connectivity index (χ0n) is 22.1. The lowest BCUT2D eigenvalue weighted by Gasteiger charge is -2.18. The zero-order valence-corrected chi connectivity index (χ0v) is 23.7. The number of H-pyrrole nitrogens is 1. The van der Waals surface area contributed by atoms with Crippen LogP contribution in [0, 0.1) is 5.82 Å². The highest BCUT2D eigenvalue weighted by atomic mass is 35.5. The van der Waals surface area contributed by atoms with Gasteiger partial charge in [-0.2, -0.15) is 5.10 Å². The molecule has 5 aromatic rings. The predicted molar refractivity (Wildman–Crippen MR) is 163 cm³/mol. The SMILES string of the molecule is CC/C(=C(/c1ccc(/C=C/C(=O)CS(=O)(=O)c2ccccc2)cc1)c1ccc2[nH]ncc2c1)c1ccc(F)cc1Cl. The molecule has 0 amide bonds. The van der Waals surface area contributed by atoms with E-state index in [1.807, 2.05) is 49.4 Å². The van der Waals surface area contributed by atoms with E-state index in [4.69, 9.17) is 11.6 Å². The molecule has 1 heterocycles. The van der Waals surface area contributed by atoms with Crippen LogP contribution in [0.3, 0.4) is 0 Å². The third-order valence-corrected chi connectivity index (χ3v) is 8.70. The smallest absolute Gasteiger partial charge is 0.185 e. The summed E-state index contributed by atoms with van der Waals surface area (Å²) >= 11 is 6.51. The molecule has 5 nitrogen and oxygen atoms in total. The van der Waals surface area contributed by atoms with Crippen LogP contribution >= 0.6 is 11.6 Å². The van der Waals surface area contributed by atoms with Gasteiger partial charge in [0.05, 0.1) is 21.6 Å². The second-order valence-corrected chi connectivity index (χ2v) is 11.9. The lowest BCUT2D eigenvalue weighted by molar-refractivity contribution is -0.112. The number of fused-ring (bicyclic) bond motifs is 1. The van der Waals surface area contributed by atoms with Crippen molar-refractivity contribution < 1.29 is 17.6 Å². The van der Waals surface area contributed by atoms with Gasteiger partial charge in [0.1, 0.15) is 11.6 Å². The molecule has 0 radical (unpaired) electrons. The fourth-order valence-corrected chi connectivity index (χ4v) is 6.24. The summed E-state index contributed by atoms with van der Waals surface area (Å²) in [6.07, 6.45) is 5.28. The molecule has 4 aromatic carbocycles. The number of aromatic nitrogens is 2. The van der Waals surface area contributed by atoms with Gasteiger partial charge < -0.3 is 0 Å². The first-order valence-electron chi connectivity index (χ1n) is 13.0. The quantitative estimate of drug-likeness (QED) is 0.142. The van der Waals surface area contributed by atoms with E-state index in [1.165, 1.54) is 30.3 Å². The Kier molecular flexibility index (Phi) is 8.28. The van der Waals surface area contributed by atoms with E-state index < -0.39 is 27.2 Å². The number of hydrogen-bond donors (Lipinski definition) is 1. The van der Waals surface area contributed by atoms with Crippen LogP contribution in [0.2, 0.25) is 5.02 Å². The van der Waals surface area contributed by atoms with Gasteiger partial charge in [-0.1, -0.05) is 79.2 Å². The number of carbonyl (C=O) groups is 1. The van der Waals surface area contributed by atoms with Gasteiger partial charge in [0.25, 0.3) is 0 Å². The lowest BCUT2D eigenvalue weighted by atomic mass is 9.87. The number of nitrogens with zero attached hydrogens (tertiary/aromatic N) is 1. The number of halogens is 2. The minimum Gasteiger partial charge on any atom is -0.294 e. The average Bonchev–Trinajstić information content (AvgIpc) is 3.44. The summed E-state index contributed by atoms with van der Waals surface area (Å²) in [5.74, 6) is -1.52. The molecule has 0 saturated heterocycles. The highest BCUT2D eigenvalue weighted by Gasteiger charge is 2.18. The van der Waals surface area contributed by atoms with Crippen molar-refractivity contribution in [3.05, 3.63) is 136 Å². The van der Waals surface area contributed by atoms with E-state index in [0.29, 0.717) is 11.4 Å². The van der Waals surface area contributed by atoms with Gasteiger partial charge in [0.2, 0.25) is 0 Å². The minimum atomic E-state index is -3.72. The Hall–Kier alpha value is -4.33. The molecule has 0 aliphatic rings. The molecule has 5 rings (SSSR count). The Morgan fingerprint density at radius 1 is 0.951 bits per heavy atom. The van der Waals surface area contributed by atoms with Crippen molar-refractivity contribution in [2.24, 2.45) is 0 Å². The number of benzene rings is 4. The van der Waals surface area contributed by atoms with Gasteiger partial charge in [-0.25, -0.2) is 12.8 Å². The highest BCUT2D eigenvalue weighted by molar-refractivity contribution is 7.92. The Labute approximate surface area is 242 Å². The number of nitrogens with one attached hydrogen (secondary N) is 1. The van der Waals surface area contributed by atoms with Gasteiger partial charge >= 0.3 is 0 Å². The summed E-state index contributed by atoms with van der Waals surface area (Å²) in [6, 6.07) is 25.9. The number of aromatic amines is 1. The van der Waals surface area contributed by atoms with Crippen LogP contribution in [0.4, 0.5) is 4.39 Å². The summed E-state index contributed by atoms with van der Waals surface area (Å²) in [5.41, 5.74) is 6.12. The normalized spacial score (nSPS) is 12.6. The van der Waals surface area contributed by atoms with E-state index >= 15 is 0 Å². The van der Waals surface area contributed by atoms with Crippen molar-refractivity contribution in [2.45, 2.75) is 18.2 Å². The maximum Gasteiger partial charge on any atom is 0.185 e. The zero-order chi connectivity index (χ0) is 29.0. The Morgan fingerprint density at radius 2 is 1.68 bits per heavy atom. The molecule has 8 heteroatoms. The first kappa shape index (κ1) is 28.2. The number of ketones is 1. The van der Waals surface area contributed by atoms with Crippen LogP contribution in [0.25, 0.3) is 28.1 Å². The second kappa shape index (κ2) is 12.0. The molecular weight excluding hydrogens is 559 g/mol. The molecule has 0 spiro atoms. The standard InChI is InChI=1S/C33H26ClFN2O3S/c1-2-29(30-16-14-26(35)19-31(30)34)33(24-13-17-32-25(18-24)20-36-37-32)23-11-8-22(9-12-23)10-15-27(38)21-41(39,40)28-6-4-3-5-7-28/h3-20H,2,21H2,1H3,(H,36,37)/b15-10+,33-29+. The van der Waals surface area contributed by atoms with Crippen LogP contribution in [-0.2, 0) is 14.6 Å². The maximum atomic E-state index is 13.9. The summed E-state index contributed by atoms with van der Waals surface area (Å²) in [4.78, 5) is 12.6. The van der Waals surface area contributed by atoms with E-state index in [1.54, 1.807) is 36.5 Å². The molecule has 1 N–H and O–H groups in total. The summed E-state index contributed by atoms with van der Waals surface area (Å²) in [6.45, 7) is 2.03. The number of rotatable bonds is 9. The fraction of sp³-hybridized carbons (Fsp3) is 0.0909. The predicted octanol–water partition coefficient (Wildman–Crippen LogP) is 7.78. The summed E-state index contributed by atoms with van der Waals surface area (Å²) in [7, 11) is -3.72. The molecule has 0 aliphatic heterocycles. The molecule has 41 heavy (non-hydrogen) atoms. The molecule has 0 aliphatic carbocycles. The molecule has 0 unspecified atom stereocenters. The third kappa shape index (κ3) is 6.37. The molecule has 1 aromatic heterocycles. The Morgan fingerprint density at radius 3 is 2.39 bits per heavy atom. The van der Waals surface area contributed by atoms with Crippen LogP contribution in [0.1, 0.15) is 35.6 Å². The third-order valence-electron chi connectivity index (χ3n) is 6.74. The largest absolute Gasteiger partial charge is 0.294 e. The highest BCUT2D eigenvalue weighted by Crippen LogP contribution is 2.38. The number of sulfone groups is 1. The van der Waals surface area contributed by atoms with E-state index in [-0.39, 0.29) is 4.90 Å². The monoisotopic (exact) mass is 584 g/mol. The van der Waals surface area contributed by atoms with Crippen molar-refractivity contribution in [1.29, 1.82) is 0 Å². The van der Waals surface area contributed by atoms with Gasteiger partial charge in [0, 0.05) is 5.39 Å². The number of hydrogen-bond acceptors (Lipinski definition) is 4. The molecule has 0 fully saturated rings. The van der Waals surface area contributed by atoms with Crippen LogP contribution < -0.4 is 0 Å². The van der Waals surface area contributed by atoms with Crippen molar-refractivity contribution in [3.8, 4) is 0 Å². The molecule has 0 saturated carbocycles. The van der Waals surface area contributed by atoms with E-state index in [0.717, 1.165) is 44.3 Å². The first-order chi connectivity index (χ1) is 19.7. The summed E-state index contributed by atoms with van der Waals surface area (Å²) < 4.78 is 38.9. The number of allylic oxidation sites excluding steroid dienone is 2. The van der Waals surface area contributed by atoms with Gasteiger partial charge in [0.15, 0.2) is 15.6 Å². The average molecular weight is 585 g/mol.